The number of carbonyl (C=O) groups excluding carboxylic acids is 1. The molecule has 0 aromatic carbocycles. The van der Waals surface area contributed by atoms with Crippen LogP contribution in [0.5, 0.6) is 0 Å². The van der Waals surface area contributed by atoms with Gasteiger partial charge in [0.15, 0.2) is 6.29 Å². The highest BCUT2D eigenvalue weighted by Gasteiger charge is 2.44. The van der Waals surface area contributed by atoms with Gasteiger partial charge in [0.2, 0.25) is 5.91 Å². The summed E-state index contributed by atoms with van der Waals surface area (Å²) in [6.45, 7) is 3.43. The van der Waals surface area contributed by atoms with Crippen LogP contribution >= 0.6 is 0 Å². The highest BCUT2D eigenvalue weighted by molar-refractivity contribution is 5.80. The molecule has 0 aromatic heterocycles. The summed E-state index contributed by atoms with van der Waals surface area (Å²) in [5.74, 6) is -0.708. The number of unbranched alkanes of at least 4 members (excludes halogenated alkanes) is 28. The lowest BCUT2D eigenvalue weighted by atomic mass is 9.98. The van der Waals surface area contributed by atoms with Crippen LogP contribution in [0.25, 0.3) is 0 Å². The van der Waals surface area contributed by atoms with E-state index in [1.807, 2.05) is 0 Å². The zero-order valence-corrected chi connectivity index (χ0v) is 40.3. The molecule has 63 heavy (non-hydrogen) atoms. The molecule has 8 N–H and O–H groups in total. The number of allylic oxidation sites excluding steroid dienone is 4. The Bertz CT molecular complexity index is 1080. The number of ether oxygens (including phenoxy) is 2. The zero-order valence-electron chi connectivity index (χ0n) is 40.3. The Morgan fingerprint density at radius 1 is 0.540 bits per heavy atom. The Balaban J connectivity index is 2.33. The minimum atomic E-state index is -1.67. The van der Waals surface area contributed by atoms with Crippen LogP contribution in [-0.2, 0) is 14.3 Å². The molecule has 9 unspecified atom stereocenters. The quantitative estimate of drug-likeness (QED) is 0.0216. The van der Waals surface area contributed by atoms with Gasteiger partial charge in [0.1, 0.15) is 36.6 Å². The number of hydrogen-bond acceptors (Lipinski definition) is 10. The summed E-state index contributed by atoms with van der Waals surface area (Å²) in [5.41, 5.74) is 0. The van der Waals surface area contributed by atoms with Crippen molar-refractivity contribution in [2.24, 2.45) is 0 Å². The highest BCUT2D eigenvalue weighted by Crippen LogP contribution is 2.23. The molecule has 11 nitrogen and oxygen atoms in total. The molecular formula is C52H99NO10. The van der Waals surface area contributed by atoms with E-state index in [-0.39, 0.29) is 12.8 Å². The van der Waals surface area contributed by atoms with Crippen molar-refractivity contribution in [2.45, 2.75) is 287 Å². The second kappa shape index (κ2) is 42.0. The van der Waals surface area contributed by atoms with Gasteiger partial charge in [0, 0.05) is 0 Å². The highest BCUT2D eigenvalue weighted by atomic mass is 16.7. The van der Waals surface area contributed by atoms with Crippen molar-refractivity contribution >= 4 is 5.91 Å². The van der Waals surface area contributed by atoms with E-state index in [0.29, 0.717) is 12.8 Å². The maximum atomic E-state index is 13.1. The Morgan fingerprint density at radius 2 is 0.937 bits per heavy atom. The third-order valence-corrected chi connectivity index (χ3v) is 12.7. The molecule has 0 radical (unpaired) electrons. The van der Waals surface area contributed by atoms with Gasteiger partial charge in [0.05, 0.1) is 25.4 Å². The predicted molar refractivity (Wildman–Crippen MR) is 256 cm³/mol. The fourth-order valence-corrected chi connectivity index (χ4v) is 8.38. The molecule has 1 rings (SSSR count). The number of amides is 1. The molecule has 0 aliphatic carbocycles. The van der Waals surface area contributed by atoms with Crippen molar-refractivity contribution in [2.75, 3.05) is 13.2 Å². The summed E-state index contributed by atoms with van der Waals surface area (Å²) in [5, 5.41) is 75.7. The monoisotopic (exact) mass is 898 g/mol. The molecule has 1 saturated heterocycles. The molecule has 9 atom stereocenters. The van der Waals surface area contributed by atoms with Gasteiger partial charge in [-0.25, -0.2) is 0 Å². The first-order chi connectivity index (χ1) is 30.7. The second-order valence-electron chi connectivity index (χ2n) is 18.6. The lowest BCUT2D eigenvalue weighted by Crippen LogP contribution is -2.60. The molecule has 1 amide bonds. The number of aliphatic hydroxyl groups excluding tert-OH is 7. The smallest absolute Gasteiger partial charge is 0.249 e. The molecule has 1 aliphatic rings. The van der Waals surface area contributed by atoms with E-state index in [4.69, 9.17) is 9.47 Å². The van der Waals surface area contributed by atoms with Crippen molar-refractivity contribution in [1.82, 2.24) is 5.32 Å². The van der Waals surface area contributed by atoms with Crippen molar-refractivity contribution in [1.29, 1.82) is 0 Å². The maximum Gasteiger partial charge on any atom is 0.249 e. The average molecular weight is 898 g/mol. The summed E-state index contributed by atoms with van der Waals surface area (Å²) in [4.78, 5) is 13.1. The fourth-order valence-electron chi connectivity index (χ4n) is 8.38. The van der Waals surface area contributed by atoms with Crippen LogP contribution in [0.3, 0.4) is 0 Å². The van der Waals surface area contributed by atoms with Crippen LogP contribution in [0.1, 0.15) is 232 Å². The van der Waals surface area contributed by atoms with E-state index in [1.54, 1.807) is 0 Å². The zero-order chi connectivity index (χ0) is 46.2. The van der Waals surface area contributed by atoms with Gasteiger partial charge in [-0.3, -0.25) is 4.79 Å². The van der Waals surface area contributed by atoms with Gasteiger partial charge in [-0.1, -0.05) is 192 Å². The third kappa shape index (κ3) is 31.2. The first-order valence-corrected chi connectivity index (χ1v) is 26.2. The fraction of sp³-hybridized carbons (Fsp3) is 0.904. The molecule has 1 heterocycles. The average Bonchev–Trinajstić information content (AvgIpc) is 3.28. The van der Waals surface area contributed by atoms with Gasteiger partial charge in [-0.2, -0.15) is 0 Å². The van der Waals surface area contributed by atoms with Crippen molar-refractivity contribution in [3.05, 3.63) is 24.3 Å². The third-order valence-electron chi connectivity index (χ3n) is 12.7. The Labute approximate surface area is 384 Å². The molecule has 0 aromatic rings. The number of aliphatic hydroxyl groups is 7. The van der Waals surface area contributed by atoms with Crippen molar-refractivity contribution in [3.63, 3.8) is 0 Å². The van der Waals surface area contributed by atoms with Crippen LogP contribution in [-0.4, -0.2) is 110 Å². The first-order valence-electron chi connectivity index (χ1n) is 26.2. The van der Waals surface area contributed by atoms with Crippen LogP contribution in [0.2, 0.25) is 0 Å². The number of rotatable bonds is 44. The van der Waals surface area contributed by atoms with Gasteiger partial charge in [-0.05, 0) is 64.2 Å². The van der Waals surface area contributed by atoms with E-state index in [0.717, 1.165) is 44.9 Å². The SMILES string of the molecule is CCCCCCCCC/C=C/CCCC(O)C(O)C(COC1OC(CO)C(O)C(O)C1O)NC(=O)C(O)CCCCCCCCCC/C=C\CCCCCCCCCCCCCC. The molecule has 11 heteroatoms. The van der Waals surface area contributed by atoms with Crippen LogP contribution in [0.4, 0.5) is 0 Å². The van der Waals surface area contributed by atoms with Crippen molar-refractivity contribution < 1.29 is 50.0 Å². The van der Waals surface area contributed by atoms with Crippen LogP contribution in [0.15, 0.2) is 24.3 Å². The Hall–Kier alpha value is -1.41. The van der Waals surface area contributed by atoms with E-state index < -0.39 is 74.2 Å². The minimum absolute atomic E-state index is 0.252. The first kappa shape index (κ1) is 59.6. The summed E-state index contributed by atoms with van der Waals surface area (Å²) < 4.78 is 11.1. The standard InChI is InChI=1S/C52H99NO10/c1-3-5-7-9-11-13-15-17-18-19-20-21-22-23-24-25-26-27-28-30-32-34-36-38-40-45(56)51(61)53-43(42-62-52-50(60)49(59)48(58)46(41-54)63-52)47(57)44(55)39-37-35-33-31-29-16-14-12-10-8-6-4-2/h23-24,31,33,43-50,52,54-60H,3-22,25-30,32,34-42H2,1-2H3,(H,53,61)/b24-23-,33-31+. The van der Waals surface area contributed by atoms with Gasteiger partial charge < -0.3 is 50.5 Å². The summed E-state index contributed by atoms with van der Waals surface area (Å²) in [7, 11) is 0. The second-order valence-corrected chi connectivity index (χ2v) is 18.6. The number of carbonyl (C=O) groups is 1. The number of hydrogen-bond donors (Lipinski definition) is 8. The molecule has 372 valence electrons. The summed E-state index contributed by atoms with van der Waals surface area (Å²) in [6, 6.07) is -1.18. The van der Waals surface area contributed by atoms with Gasteiger partial charge >= 0.3 is 0 Å². The van der Waals surface area contributed by atoms with E-state index >= 15 is 0 Å². The lowest BCUT2D eigenvalue weighted by molar-refractivity contribution is -0.303. The van der Waals surface area contributed by atoms with Crippen molar-refractivity contribution in [3.8, 4) is 0 Å². The molecule has 1 aliphatic heterocycles. The van der Waals surface area contributed by atoms with Gasteiger partial charge in [-0.15, -0.1) is 0 Å². The largest absolute Gasteiger partial charge is 0.394 e. The molecule has 0 saturated carbocycles. The van der Waals surface area contributed by atoms with E-state index in [1.165, 1.54) is 148 Å². The maximum absolute atomic E-state index is 13.1. The molecule has 0 bridgehead atoms. The Kier molecular flexibility index (Phi) is 39.7. The van der Waals surface area contributed by atoms with Crippen LogP contribution in [0, 0.1) is 0 Å². The van der Waals surface area contributed by atoms with Crippen LogP contribution < -0.4 is 5.32 Å². The molecular weight excluding hydrogens is 799 g/mol. The minimum Gasteiger partial charge on any atom is -0.394 e. The summed E-state index contributed by atoms with van der Waals surface area (Å²) in [6.07, 6.45) is 36.7. The lowest BCUT2D eigenvalue weighted by Gasteiger charge is -2.40. The topological polar surface area (TPSA) is 189 Å². The predicted octanol–water partition coefficient (Wildman–Crippen LogP) is 9.79. The summed E-state index contributed by atoms with van der Waals surface area (Å²) >= 11 is 0. The normalized spacial score (nSPS) is 21.3. The molecule has 1 fully saturated rings. The van der Waals surface area contributed by atoms with E-state index in [9.17, 15) is 40.5 Å². The van der Waals surface area contributed by atoms with E-state index in [2.05, 4.69) is 43.5 Å². The Morgan fingerprint density at radius 3 is 1.37 bits per heavy atom. The van der Waals surface area contributed by atoms with Gasteiger partial charge in [0.25, 0.3) is 0 Å². The molecule has 0 spiro atoms. The number of nitrogens with one attached hydrogen (secondary N) is 1.